The minimum absolute atomic E-state index is 0.0187. The Bertz CT molecular complexity index is 698. The van der Waals surface area contributed by atoms with Gasteiger partial charge in [-0.2, -0.15) is 0 Å². The summed E-state index contributed by atoms with van der Waals surface area (Å²) in [7, 11) is 0. The van der Waals surface area contributed by atoms with Gasteiger partial charge in [-0.1, -0.05) is 31.0 Å². The molecule has 2 fully saturated rings. The summed E-state index contributed by atoms with van der Waals surface area (Å²) in [6, 6.07) is 14.2. The molecule has 132 valence electrons. The third kappa shape index (κ3) is 3.42. The van der Waals surface area contributed by atoms with Gasteiger partial charge >= 0.3 is 0 Å². The second-order valence-electron chi connectivity index (χ2n) is 7.29. The molecule has 1 aliphatic carbocycles. The summed E-state index contributed by atoms with van der Waals surface area (Å²) in [5.74, 6) is 0.878. The van der Waals surface area contributed by atoms with E-state index in [0.717, 1.165) is 43.8 Å². The number of benzene rings is 1. The zero-order valence-corrected chi connectivity index (χ0v) is 14.6. The van der Waals surface area contributed by atoms with Crippen LogP contribution < -0.4 is 4.74 Å². The number of pyridine rings is 1. The van der Waals surface area contributed by atoms with Gasteiger partial charge in [0.1, 0.15) is 12.4 Å². The van der Waals surface area contributed by atoms with E-state index in [-0.39, 0.29) is 11.6 Å². The van der Waals surface area contributed by atoms with E-state index in [1.807, 2.05) is 24.3 Å². The van der Waals surface area contributed by atoms with Crippen LogP contribution in [0.15, 0.2) is 48.7 Å². The molecule has 4 nitrogen and oxygen atoms in total. The van der Waals surface area contributed by atoms with Crippen LogP contribution in [0.4, 0.5) is 0 Å². The van der Waals surface area contributed by atoms with Crippen LogP contribution in [-0.4, -0.2) is 33.2 Å². The maximum Gasteiger partial charge on any atom is 0.130 e. The fraction of sp³-hybridized carbons (Fsp3) is 0.476. The van der Waals surface area contributed by atoms with Gasteiger partial charge < -0.3 is 9.84 Å². The molecule has 1 saturated carbocycles. The predicted molar refractivity (Wildman–Crippen MR) is 97.2 cm³/mol. The Morgan fingerprint density at radius 3 is 2.84 bits per heavy atom. The summed E-state index contributed by atoms with van der Waals surface area (Å²) in [6.45, 7) is 2.36. The van der Waals surface area contributed by atoms with Crippen LogP contribution in [0.5, 0.6) is 5.75 Å². The predicted octanol–water partition coefficient (Wildman–Crippen LogP) is 3.54. The Hall–Kier alpha value is -1.91. The minimum Gasteiger partial charge on any atom is -0.487 e. The molecule has 1 aromatic heterocycles. The van der Waals surface area contributed by atoms with E-state index in [0.29, 0.717) is 6.61 Å². The summed E-state index contributed by atoms with van der Waals surface area (Å²) < 4.78 is 5.90. The van der Waals surface area contributed by atoms with Gasteiger partial charge in [0.25, 0.3) is 0 Å². The summed E-state index contributed by atoms with van der Waals surface area (Å²) >= 11 is 0. The van der Waals surface area contributed by atoms with E-state index in [1.165, 1.54) is 18.4 Å². The van der Waals surface area contributed by atoms with Crippen molar-refractivity contribution in [2.24, 2.45) is 0 Å². The number of aromatic nitrogens is 1. The molecule has 1 saturated heterocycles. The van der Waals surface area contributed by atoms with Crippen LogP contribution in [0.25, 0.3) is 0 Å². The maximum absolute atomic E-state index is 10.5. The van der Waals surface area contributed by atoms with E-state index in [4.69, 9.17) is 4.74 Å². The van der Waals surface area contributed by atoms with E-state index < -0.39 is 0 Å². The van der Waals surface area contributed by atoms with E-state index in [9.17, 15) is 5.11 Å². The molecule has 1 aromatic carbocycles. The highest BCUT2D eigenvalue weighted by molar-refractivity contribution is 5.29. The minimum atomic E-state index is -0.168. The van der Waals surface area contributed by atoms with E-state index in [2.05, 4.69) is 28.1 Å². The molecule has 1 spiro atoms. The smallest absolute Gasteiger partial charge is 0.130 e. The Labute approximate surface area is 149 Å². The molecule has 4 heteroatoms. The van der Waals surface area contributed by atoms with E-state index in [1.54, 1.807) is 6.20 Å². The first-order valence-electron chi connectivity index (χ1n) is 9.31. The average Bonchev–Trinajstić information content (AvgIpc) is 3.25. The summed E-state index contributed by atoms with van der Waals surface area (Å²) in [5, 5.41) is 10.5. The van der Waals surface area contributed by atoms with Gasteiger partial charge in [-0.05, 0) is 49.1 Å². The van der Waals surface area contributed by atoms with Crippen molar-refractivity contribution in [3.8, 4) is 5.75 Å². The van der Waals surface area contributed by atoms with E-state index >= 15 is 0 Å². The van der Waals surface area contributed by atoms with Gasteiger partial charge in [0.05, 0.1) is 11.8 Å². The maximum atomic E-state index is 10.5. The van der Waals surface area contributed by atoms with Crippen molar-refractivity contribution in [1.29, 1.82) is 0 Å². The zero-order chi connectivity index (χ0) is 17.1. The number of nitrogens with zero attached hydrogens (tertiary/aromatic N) is 2. The van der Waals surface area contributed by atoms with Crippen LogP contribution in [-0.2, 0) is 13.2 Å². The molecule has 0 amide bonds. The standard InChI is InChI=1S/C21H26N2O2/c24-20-9-13-23(21(20)10-2-3-11-21)15-17-6-5-8-19(14-17)25-16-18-7-1-4-12-22-18/h1,4-8,12,14,20,24H,2-3,9-11,13,15-16H2. The Morgan fingerprint density at radius 1 is 1.16 bits per heavy atom. The summed E-state index contributed by atoms with van der Waals surface area (Å²) in [5.41, 5.74) is 2.20. The average molecular weight is 338 g/mol. The van der Waals surface area contributed by atoms with Gasteiger partial charge in [-0.3, -0.25) is 9.88 Å². The molecule has 2 aromatic rings. The second-order valence-corrected chi connectivity index (χ2v) is 7.29. The zero-order valence-electron chi connectivity index (χ0n) is 14.6. The third-order valence-electron chi connectivity index (χ3n) is 5.78. The van der Waals surface area contributed by atoms with Gasteiger partial charge in [0, 0.05) is 24.8 Å². The quantitative estimate of drug-likeness (QED) is 0.906. The number of aliphatic hydroxyl groups is 1. The Morgan fingerprint density at radius 2 is 2.04 bits per heavy atom. The third-order valence-corrected chi connectivity index (χ3v) is 5.78. The van der Waals surface area contributed by atoms with Gasteiger partial charge in [0.2, 0.25) is 0 Å². The van der Waals surface area contributed by atoms with Gasteiger partial charge in [-0.25, -0.2) is 0 Å². The number of likely N-dealkylation sites (tertiary alicyclic amines) is 1. The fourth-order valence-electron chi connectivity index (χ4n) is 4.45. The first-order chi connectivity index (χ1) is 12.3. The molecule has 1 atom stereocenters. The van der Waals surface area contributed by atoms with Crippen molar-refractivity contribution in [3.05, 3.63) is 59.9 Å². The summed E-state index contributed by atoms with van der Waals surface area (Å²) in [6.07, 6.45) is 7.25. The van der Waals surface area contributed by atoms with Crippen LogP contribution in [0.2, 0.25) is 0 Å². The monoisotopic (exact) mass is 338 g/mol. The Kier molecular flexibility index (Phi) is 4.73. The van der Waals surface area contributed by atoms with Crippen molar-refractivity contribution in [2.75, 3.05) is 6.54 Å². The van der Waals surface area contributed by atoms with Crippen molar-refractivity contribution in [2.45, 2.75) is 56.9 Å². The van der Waals surface area contributed by atoms with Gasteiger partial charge in [-0.15, -0.1) is 0 Å². The highest BCUT2D eigenvalue weighted by Crippen LogP contribution is 2.44. The largest absolute Gasteiger partial charge is 0.487 e. The number of rotatable bonds is 5. The second kappa shape index (κ2) is 7.14. The molecule has 1 N–H and O–H groups in total. The normalized spacial score (nSPS) is 22.5. The topological polar surface area (TPSA) is 45.6 Å². The number of hydrogen-bond donors (Lipinski definition) is 1. The molecule has 25 heavy (non-hydrogen) atoms. The molecule has 2 aliphatic rings. The molecule has 0 bridgehead atoms. The van der Waals surface area contributed by atoms with Crippen molar-refractivity contribution in [3.63, 3.8) is 0 Å². The SMILES string of the molecule is OC1CCN(Cc2cccc(OCc3ccccn3)c2)C12CCCC2. The molecule has 1 unspecified atom stereocenters. The molecular weight excluding hydrogens is 312 g/mol. The van der Waals surface area contributed by atoms with Crippen LogP contribution in [0, 0.1) is 0 Å². The van der Waals surface area contributed by atoms with Crippen molar-refractivity contribution < 1.29 is 9.84 Å². The first-order valence-corrected chi connectivity index (χ1v) is 9.31. The van der Waals surface area contributed by atoms with Gasteiger partial charge in [0.15, 0.2) is 0 Å². The molecule has 0 radical (unpaired) electrons. The first kappa shape index (κ1) is 16.6. The lowest BCUT2D eigenvalue weighted by Crippen LogP contribution is -2.47. The molecule has 1 aliphatic heterocycles. The summed E-state index contributed by atoms with van der Waals surface area (Å²) in [4.78, 5) is 6.80. The fourth-order valence-corrected chi connectivity index (χ4v) is 4.45. The molecular formula is C21H26N2O2. The van der Waals surface area contributed by atoms with Crippen molar-refractivity contribution in [1.82, 2.24) is 9.88 Å². The lowest BCUT2D eigenvalue weighted by Gasteiger charge is -2.37. The number of hydrogen-bond acceptors (Lipinski definition) is 4. The lowest BCUT2D eigenvalue weighted by molar-refractivity contribution is 0.0277. The van der Waals surface area contributed by atoms with Crippen LogP contribution >= 0.6 is 0 Å². The Balaban J connectivity index is 1.43. The van der Waals surface area contributed by atoms with Crippen LogP contribution in [0.1, 0.15) is 43.4 Å². The van der Waals surface area contributed by atoms with Crippen LogP contribution in [0.3, 0.4) is 0 Å². The highest BCUT2D eigenvalue weighted by atomic mass is 16.5. The lowest BCUT2D eigenvalue weighted by atomic mass is 9.91. The van der Waals surface area contributed by atoms with Crippen molar-refractivity contribution >= 4 is 0 Å². The molecule has 2 heterocycles. The highest BCUT2D eigenvalue weighted by Gasteiger charge is 2.49. The molecule has 4 rings (SSSR count). The number of aliphatic hydroxyl groups excluding tert-OH is 1. The number of ether oxygens (including phenoxy) is 1.